The zero-order valence-electron chi connectivity index (χ0n) is 8.67. The van der Waals surface area contributed by atoms with E-state index in [1.807, 2.05) is 0 Å². The fourth-order valence-corrected chi connectivity index (χ4v) is 0.811. The lowest BCUT2D eigenvalue weighted by Gasteiger charge is -2.10. The molecule has 0 unspecified atom stereocenters. The number of hydrogen-bond donors (Lipinski definition) is 3. The van der Waals surface area contributed by atoms with E-state index in [1.165, 1.54) is 5.01 Å². The molecule has 0 saturated heterocycles. The van der Waals surface area contributed by atoms with Crippen molar-refractivity contribution in [2.24, 2.45) is 5.84 Å². The third-order valence-corrected chi connectivity index (χ3v) is 1.48. The van der Waals surface area contributed by atoms with Crippen LogP contribution in [0.3, 0.4) is 0 Å². The summed E-state index contributed by atoms with van der Waals surface area (Å²) in [7, 11) is 1.61. The van der Waals surface area contributed by atoms with Crippen molar-refractivity contribution in [3.8, 4) is 0 Å². The highest BCUT2D eigenvalue weighted by Crippen LogP contribution is 1.74. The van der Waals surface area contributed by atoms with E-state index in [9.17, 15) is 9.59 Å². The van der Waals surface area contributed by atoms with Gasteiger partial charge in [0.15, 0.2) is 0 Å². The van der Waals surface area contributed by atoms with Gasteiger partial charge in [0, 0.05) is 26.6 Å². The largest absolute Gasteiger partial charge is 0.354 e. The summed E-state index contributed by atoms with van der Waals surface area (Å²) >= 11 is 0. The summed E-state index contributed by atoms with van der Waals surface area (Å²) in [6.07, 6.45) is 0.458. The van der Waals surface area contributed by atoms with Gasteiger partial charge in [0.2, 0.25) is 11.8 Å². The normalized spacial score (nSPS) is 10.0. The Morgan fingerprint density at radius 1 is 1.21 bits per heavy atom. The van der Waals surface area contributed by atoms with Crippen LogP contribution in [0.25, 0.3) is 0 Å². The second-order valence-corrected chi connectivity index (χ2v) is 2.97. The molecule has 0 atom stereocenters. The lowest BCUT2D eigenvalue weighted by molar-refractivity contribution is -0.123. The highest BCUT2D eigenvalue weighted by molar-refractivity contribution is 5.78. The average molecular weight is 202 g/mol. The molecule has 0 aromatic carbocycles. The number of likely N-dealkylation sites (N-methyl/N-ethyl adjacent to an activating group) is 1. The lowest BCUT2D eigenvalue weighted by Crippen LogP contribution is -2.41. The third-order valence-electron chi connectivity index (χ3n) is 1.48. The maximum Gasteiger partial charge on any atom is 0.235 e. The summed E-state index contributed by atoms with van der Waals surface area (Å²) in [4.78, 5) is 21.8. The summed E-state index contributed by atoms with van der Waals surface area (Å²) in [6.45, 7) is 2.81. The minimum absolute atomic E-state index is 0.0183. The topological polar surface area (TPSA) is 87.5 Å². The predicted molar refractivity (Wildman–Crippen MR) is 53.1 cm³/mol. The summed E-state index contributed by atoms with van der Waals surface area (Å²) in [6, 6.07) is 0. The second-order valence-electron chi connectivity index (χ2n) is 2.97. The minimum atomic E-state index is -0.152. The van der Waals surface area contributed by atoms with E-state index in [2.05, 4.69) is 10.6 Å². The molecule has 0 spiro atoms. The monoisotopic (exact) mass is 202 g/mol. The van der Waals surface area contributed by atoms with Gasteiger partial charge in [0.25, 0.3) is 0 Å². The molecule has 0 heterocycles. The highest BCUT2D eigenvalue weighted by Gasteiger charge is 2.01. The number of nitrogens with zero attached hydrogens (tertiary/aromatic N) is 1. The zero-order chi connectivity index (χ0) is 11.0. The Bertz CT molecular complexity index is 194. The van der Waals surface area contributed by atoms with Gasteiger partial charge in [-0.05, 0) is 0 Å². The fraction of sp³-hybridized carbons (Fsp3) is 0.750. The van der Waals surface area contributed by atoms with Gasteiger partial charge < -0.3 is 10.6 Å². The Morgan fingerprint density at radius 2 is 1.71 bits per heavy atom. The molecule has 4 N–H and O–H groups in total. The van der Waals surface area contributed by atoms with Crippen molar-refractivity contribution in [3.63, 3.8) is 0 Å². The molecule has 0 aliphatic rings. The van der Waals surface area contributed by atoms with Crippen LogP contribution in [0.5, 0.6) is 0 Å². The van der Waals surface area contributed by atoms with E-state index < -0.39 is 0 Å². The highest BCUT2D eigenvalue weighted by atomic mass is 16.2. The van der Waals surface area contributed by atoms with Crippen molar-refractivity contribution < 1.29 is 9.59 Å². The summed E-state index contributed by atoms with van der Waals surface area (Å²) < 4.78 is 0. The quantitative estimate of drug-likeness (QED) is 0.276. The van der Waals surface area contributed by atoms with Crippen LogP contribution in [0, 0.1) is 0 Å². The van der Waals surface area contributed by atoms with E-state index >= 15 is 0 Å². The van der Waals surface area contributed by atoms with E-state index in [4.69, 9.17) is 5.84 Å². The Morgan fingerprint density at radius 3 is 2.14 bits per heavy atom. The molecule has 0 aliphatic carbocycles. The van der Waals surface area contributed by atoms with Crippen LogP contribution in [0.15, 0.2) is 0 Å². The van der Waals surface area contributed by atoms with E-state index in [-0.39, 0.29) is 18.4 Å². The van der Waals surface area contributed by atoms with Crippen LogP contribution in [-0.2, 0) is 9.59 Å². The molecule has 0 aliphatic heterocycles. The van der Waals surface area contributed by atoms with E-state index in [0.29, 0.717) is 19.5 Å². The zero-order valence-corrected chi connectivity index (χ0v) is 8.67. The summed E-state index contributed by atoms with van der Waals surface area (Å²) in [5.41, 5.74) is 0. The molecule has 0 fully saturated rings. The molecule has 0 bridgehead atoms. The Balaban J connectivity index is 3.36. The van der Waals surface area contributed by atoms with Crippen molar-refractivity contribution >= 4 is 11.8 Å². The number of carbonyl (C=O) groups excluding carboxylic acids is 2. The molecule has 0 rings (SSSR count). The maximum absolute atomic E-state index is 11.0. The van der Waals surface area contributed by atoms with Crippen LogP contribution in [-0.4, -0.2) is 43.5 Å². The van der Waals surface area contributed by atoms with Crippen molar-refractivity contribution in [1.29, 1.82) is 0 Å². The van der Waals surface area contributed by atoms with Gasteiger partial charge in [-0.3, -0.25) is 15.4 Å². The first-order valence-corrected chi connectivity index (χ1v) is 4.55. The van der Waals surface area contributed by atoms with Crippen molar-refractivity contribution in [3.05, 3.63) is 0 Å². The van der Waals surface area contributed by atoms with Crippen LogP contribution >= 0.6 is 0 Å². The van der Waals surface area contributed by atoms with E-state index in [0.717, 1.165) is 0 Å². The second kappa shape index (κ2) is 7.28. The van der Waals surface area contributed by atoms with Gasteiger partial charge >= 0.3 is 0 Å². The number of hydrazine groups is 1. The minimum Gasteiger partial charge on any atom is -0.354 e. The van der Waals surface area contributed by atoms with Gasteiger partial charge in [-0.1, -0.05) is 6.92 Å². The Labute approximate surface area is 83.8 Å². The Hall–Kier alpha value is -1.14. The number of rotatable bonds is 6. The SMILES string of the molecule is CCC(=O)NCCNC(=O)CN(C)N. The number of hydrogen-bond acceptors (Lipinski definition) is 4. The molecule has 0 saturated carbocycles. The smallest absolute Gasteiger partial charge is 0.235 e. The molecular weight excluding hydrogens is 184 g/mol. The molecular formula is C8H18N4O2. The average Bonchev–Trinajstić information content (AvgIpc) is 2.10. The standard InChI is InChI=1S/C8H18N4O2/c1-3-7(13)10-4-5-11-8(14)6-12(2)9/h3-6,9H2,1-2H3,(H,10,13)(H,11,14). The molecule has 0 radical (unpaired) electrons. The molecule has 14 heavy (non-hydrogen) atoms. The molecule has 82 valence electrons. The summed E-state index contributed by atoms with van der Waals surface area (Å²) in [5, 5.41) is 6.55. The van der Waals surface area contributed by atoms with Crippen LogP contribution < -0.4 is 16.5 Å². The molecule has 0 aromatic heterocycles. The van der Waals surface area contributed by atoms with Crippen LogP contribution in [0.1, 0.15) is 13.3 Å². The number of amides is 2. The first-order chi connectivity index (χ1) is 6.56. The van der Waals surface area contributed by atoms with Crippen molar-refractivity contribution in [2.45, 2.75) is 13.3 Å². The number of nitrogens with one attached hydrogen (secondary N) is 2. The van der Waals surface area contributed by atoms with Crippen LogP contribution in [0.4, 0.5) is 0 Å². The predicted octanol–water partition coefficient (Wildman–Crippen LogP) is -1.57. The van der Waals surface area contributed by atoms with Crippen molar-refractivity contribution in [1.82, 2.24) is 15.6 Å². The summed E-state index contributed by atoms with van der Waals surface area (Å²) in [5.74, 6) is 5.10. The first kappa shape index (κ1) is 12.9. The van der Waals surface area contributed by atoms with Gasteiger partial charge in [-0.25, -0.2) is 5.01 Å². The number of nitrogens with two attached hydrogens (primary N) is 1. The maximum atomic E-state index is 11.0. The molecule has 2 amide bonds. The first-order valence-electron chi connectivity index (χ1n) is 4.55. The molecule has 6 nitrogen and oxygen atoms in total. The number of carbonyl (C=O) groups is 2. The van der Waals surface area contributed by atoms with Crippen LogP contribution in [0.2, 0.25) is 0 Å². The molecule has 6 heteroatoms. The van der Waals surface area contributed by atoms with Crippen molar-refractivity contribution in [2.75, 3.05) is 26.7 Å². The van der Waals surface area contributed by atoms with Gasteiger partial charge in [0.05, 0.1) is 6.54 Å². The van der Waals surface area contributed by atoms with Gasteiger partial charge in [-0.2, -0.15) is 0 Å². The lowest BCUT2D eigenvalue weighted by atomic mass is 10.4. The van der Waals surface area contributed by atoms with Gasteiger partial charge in [0.1, 0.15) is 0 Å². The fourth-order valence-electron chi connectivity index (χ4n) is 0.811. The third kappa shape index (κ3) is 7.51. The Kier molecular flexibility index (Phi) is 6.69. The molecule has 0 aromatic rings. The van der Waals surface area contributed by atoms with Gasteiger partial charge in [-0.15, -0.1) is 0 Å². The van der Waals surface area contributed by atoms with E-state index in [1.54, 1.807) is 14.0 Å².